The summed E-state index contributed by atoms with van der Waals surface area (Å²) >= 11 is 1.34. The molecule has 0 atom stereocenters. The van der Waals surface area contributed by atoms with Gasteiger partial charge < -0.3 is 4.74 Å². The summed E-state index contributed by atoms with van der Waals surface area (Å²) in [5, 5.41) is 0.429. The second-order valence-corrected chi connectivity index (χ2v) is 6.46. The van der Waals surface area contributed by atoms with Crippen molar-refractivity contribution in [2.45, 2.75) is 46.1 Å². The van der Waals surface area contributed by atoms with Crippen LogP contribution < -0.4 is 11.2 Å². The van der Waals surface area contributed by atoms with Gasteiger partial charge in [-0.25, -0.2) is 9.36 Å². The van der Waals surface area contributed by atoms with E-state index < -0.39 is 17.2 Å². The Morgan fingerprint density at radius 2 is 2.09 bits per heavy atom. The molecule has 1 N–H and O–H groups in total. The number of aromatic amines is 1. The number of unbranched alkanes of at least 4 members (excludes halogenated alkanes) is 3. The third-order valence-electron chi connectivity index (χ3n) is 3.34. The number of aromatic nitrogens is 2. The molecule has 0 aliphatic carbocycles. The maximum atomic E-state index is 12.3. The number of rotatable bonds is 7. The number of carbonyl (C=O) groups is 1. The molecule has 0 aromatic carbocycles. The minimum Gasteiger partial charge on any atom is -0.464 e. The zero-order valence-corrected chi connectivity index (χ0v) is 13.6. The molecule has 0 fully saturated rings. The Kier molecular flexibility index (Phi) is 5.54. The predicted molar refractivity (Wildman–Crippen MR) is 86.5 cm³/mol. The molecule has 7 heteroatoms. The summed E-state index contributed by atoms with van der Waals surface area (Å²) in [6.45, 7) is 3.93. The van der Waals surface area contributed by atoms with Gasteiger partial charge in [0.15, 0.2) is 0 Å². The highest BCUT2D eigenvalue weighted by Gasteiger charge is 2.13. The lowest BCUT2D eigenvalue weighted by molar-refractivity contribution is -0.144. The molecular weight excluding hydrogens is 304 g/mol. The second kappa shape index (κ2) is 7.40. The van der Waals surface area contributed by atoms with Gasteiger partial charge in [-0.05, 0) is 19.4 Å². The fourth-order valence-electron chi connectivity index (χ4n) is 2.20. The number of hydrogen-bond donors (Lipinski definition) is 1. The molecule has 0 spiro atoms. The number of nitrogens with zero attached hydrogens (tertiary/aromatic N) is 1. The third kappa shape index (κ3) is 3.85. The topological polar surface area (TPSA) is 81.2 Å². The largest absolute Gasteiger partial charge is 0.464 e. The van der Waals surface area contributed by atoms with E-state index in [9.17, 15) is 14.4 Å². The first kappa shape index (κ1) is 16.5. The molecule has 6 nitrogen and oxygen atoms in total. The number of nitrogens with one attached hydrogen (secondary N) is 1. The second-order valence-electron chi connectivity index (χ2n) is 5.20. The molecule has 2 heterocycles. The van der Waals surface area contributed by atoms with Crippen molar-refractivity contribution in [3.05, 3.63) is 31.8 Å². The molecule has 2 rings (SSSR count). The number of ether oxygens (including phenoxy) is 1. The van der Waals surface area contributed by atoms with Crippen LogP contribution in [0, 0.1) is 6.92 Å². The fraction of sp³-hybridized carbons (Fsp3) is 0.533. The number of H-pyrrole nitrogens is 1. The highest BCUT2D eigenvalue weighted by atomic mass is 32.1. The molecule has 0 radical (unpaired) electrons. The maximum Gasteiger partial charge on any atom is 0.329 e. The monoisotopic (exact) mass is 324 g/mol. The van der Waals surface area contributed by atoms with Crippen molar-refractivity contribution in [1.29, 1.82) is 0 Å². The van der Waals surface area contributed by atoms with Crippen LogP contribution in [-0.2, 0) is 16.1 Å². The van der Waals surface area contributed by atoms with Gasteiger partial charge in [0.1, 0.15) is 11.4 Å². The molecule has 22 heavy (non-hydrogen) atoms. The lowest BCUT2D eigenvalue weighted by Crippen LogP contribution is -2.37. The lowest BCUT2D eigenvalue weighted by atomic mass is 10.2. The van der Waals surface area contributed by atoms with Gasteiger partial charge in [-0.15, -0.1) is 11.3 Å². The van der Waals surface area contributed by atoms with Gasteiger partial charge in [-0.2, -0.15) is 0 Å². The zero-order chi connectivity index (χ0) is 16.1. The van der Waals surface area contributed by atoms with E-state index in [1.807, 2.05) is 6.92 Å². The van der Waals surface area contributed by atoms with E-state index in [-0.39, 0.29) is 6.54 Å². The summed E-state index contributed by atoms with van der Waals surface area (Å²) in [7, 11) is 0. The van der Waals surface area contributed by atoms with Gasteiger partial charge in [0, 0.05) is 4.88 Å². The number of thiophene rings is 1. The Bertz CT molecular complexity index is 772. The van der Waals surface area contributed by atoms with Crippen molar-refractivity contribution in [3.63, 3.8) is 0 Å². The molecule has 120 valence electrons. The molecule has 2 aromatic heterocycles. The number of carbonyl (C=O) groups excluding carboxylic acids is 1. The number of esters is 1. The molecule has 0 amide bonds. The van der Waals surface area contributed by atoms with Gasteiger partial charge in [-0.1, -0.05) is 26.2 Å². The van der Waals surface area contributed by atoms with Gasteiger partial charge in [0.25, 0.3) is 5.56 Å². The van der Waals surface area contributed by atoms with Crippen molar-refractivity contribution in [2.75, 3.05) is 6.61 Å². The van der Waals surface area contributed by atoms with Crippen LogP contribution in [-0.4, -0.2) is 22.1 Å². The highest BCUT2D eigenvalue weighted by molar-refractivity contribution is 7.18. The highest BCUT2D eigenvalue weighted by Crippen LogP contribution is 2.18. The zero-order valence-electron chi connectivity index (χ0n) is 12.8. The molecule has 0 saturated carbocycles. The van der Waals surface area contributed by atoms with Crippen LogP contribution in [0.25, 0.3) is 10.2 Å². The molecular formula is C15H20N2O4S. The smallest absolute Gasteiger partial charge is 0.329 e. The molecule has 0 unspecified atom stereocenters. The Labute approximate surface area is 131 Å². The quantitative estimate of drug-likeness (QED) is 0.625. The third-order valence-corrected chi connectivity index (χ3v) is 4.31. The van der Waals surface area contributed by atoms with E-state index in [2.05, 4.69) is 11.9 Å². The molecule has 0 bridgehead atoms. The van der Waals surface area contributed by atoms with Crippen LogP contribution in [0.1, 0.15) is 37.5 Å². The molecule has 0 aliphatic heterocycles. The first-order valence-corrected chi connectivity index (χ1v) is 8.23. The van der Waals surface area contributed by atoms with Crippen LogP contribution in [0.5, 0.6) is 0 Å². The van der Waals surface area contributed by atoms with E-state index >= 15 is 0 Å². The van der Waals surface area contributed by atoms with Gasteiger partial charge in [0.2, 0.25) is 0 Å². The molecule has 2 aromatic rings. The molecule has 0 aliphatic rings. The van der Waals surface area contributed by atoms with Gasteiger partial charge >= 0.3 is 11.7 Å². The number of aryl methyl sites for hydroxylation is 1. The van der Waals surface area contributed by atoms with Crippen LogP contribution in [0.4, 0.5) is 0 Å². The normalized spacial score (nSPS) is 11.0. The van der Waals surface area contributed by atoms with E-state index in [1.54, 1.807) is 6.07 Å². The van der Waals surface area contributed by atoms with Gasteiger partial charge in [-0.3, -0.25) is 14.6 Å². The Hall–Kier alpha value is -1.89. The summed E-state index contributed by atoms with van der Waals surface area (Å²) in [6.07, 6.45) is 4.02. The number of fused-ring (bicyclic) bond motifs is 1. The van der Waals surface area contributed by atoms with Crippen molar-refractivity contribution >= 4 is 27.5 Å². The van der Waals surface area contributed by atoms with Crippen molar-refractivity contribution < 1.29 is 9.53 Å². The Morgan fingerprint density at radius 1 is 1.32 bits per heavy atom. The average Bonchev–Trinajstić information content (AvgIpc) is 2.84. The van der Waals surface area contributed by atoms with Crippen LogP contribution in [0.15, 0.2) is 15.7 Å². The Morgan fingerprint density at radius 3 is 2.82 bits per heavy atom. The predicted octanol–water partition coefficient (Wildman–Crippen LogP) is 2.18. The van der Waals surface area contributed by atoms with Crippen LogP contribution >= 0.6 is 11.3 Å². The van der Waals surface area contributed by atoms with Crippen LogP contribution in [0.3, 0.4) is 0 Å². The maximum absolute atomic E-state index is 12.3. The fourth-order valence-corrected chi connectivity index (χ4v) is 3.09. The Balaban J connectivity index is 2.06. The lowest BCUT2D eigenvalue weighted by Gasteiger charge is -2.06. The van der Waals surface area contributed by atoms with E-state index in [0.717, 1.165) is 35.1 Å². The first-order valence-electron chi connectivity index (χ1n) is 7.41. The van der Waals surface area contributed by atoms with E-state index in [4.69, 9.17) is 4.74 Å². The van der Waals surface area contributed by atoms with E-state index in [1.165, 1.54) is 11.3 Å². The van der Waals surface area contributed by atoms with E-state index in [0.29, 0.717) is 16.8 Å². The first-order chi connectivity index (χ1) is 10.5. The summed E-state index contributed by atoms with van der Waals surface area (Å²) in [5.74, 6) is -0.560. The number of hydrogen-bond acceptors (Lipinski definition) is 5. The summed E-state index contributed by atoms with van der Waals surface area (Å²) in [5.41, 5.74) is -1.03. The van der Waals surface area contributed by atoms with Crippen molar-refractivity contribution in [3.8, 4) is 0 Å². The standard InChI is InChI=1S/C15H20N2O4S/c1-3-4-5-6-7-21-12(18)9-17-14(19)11-8-10(2)22-13(11)16-15(17)20/h8H,3-7,9H2,1-2H3,(H,16,20). The summed E-state index contributed by atoms with van der Waals surface area (Å²) in [4.78, 5) is 40.0. The minimum atomic E-state index is -0.581. The molecule has 0 saturated heterocycles. The van der Waals surface area contributed by atoms with Crippen molar-refractivity contribution in [2.24, 2.45) is 0 Å². The minimum absolute atomic E-state index is 0.325. The van der Waals surface area contributed by atoms with Crippen molar-refractivity contribution in [1.82, 2.24) is 9.55 Å². The summed E-state index contributed by atoms with van der Waals surface area (Å²) < 4.78 is 5.96. The SMILES string of the molecule is CCCCCCOC(=O)Cn1c(=O)[nH]c2sc(C)cc2c1=O. The summed E-state index contributed by atoms with van der Waals surface area (Å²) in [6, 6.07) is 1.71. The average molecular weight is 324 g/mol. The van der Waals surface area contributed by atoms with Crippen LogP contribution in [0.2, 0.25) is 0 Å². The van der Waals surface area contributed by atoms with Gasteiger partial charge in [0.05, 0.1) is 12.0 Å².